The Hall–Kier alpha value is -7.42. The van der Waals surface area contributed by atoms with Crippen LogP contribution < -0.4 is 0 Å². The number of fused-ring (bicyclic) bond motifs is 5. The second-order valence-electron chi connectivity index (χ2n) is 16.2. The molecule has 1 aliphatic rings. The standard InChI is InChI=1S/C57H40N2/c1-57(2)52-24-14-13-23-49(52)51-35-41(27-30-53(51)57)44-32-43(37-15-5-3-6-16-37)33-45(34-44)46-28-29-50(48-22-12-11-21-47(46)48)55-36-54(58-56(59-55)39-18-7-4-8-19-39)42-26-25-38-17-9-10-20-40(38)31-42/h3-36H,1-2H3. The van der Waals surface area contributed by atoms with Crippen LogP contribution in [-0.2, 0) is 5.41 Å². The van der Waals surface area contributed by atoms with E-state index in [0.717, 1.165) is 33.5 Å². The van der Waals surface area contributed by atoms with Crippen molar-refractivity contribution in [1.29, 1.82) is 0 Å². The van der Waals surface area contributed by atoms with Gasteiger partial charge >= 0.3 is 0 Å². The number of benzene rings is 9. The van der Waals surface area contributed by atoms with Crippen LogP contribution in [0.5, 0.6) is 0 Å². The van der Waals surface area contributed by atoms with Crippen LogP contribution in [0.15, 0.2) is 206 Å². The zero-order valence-electron chi connectivity index (χ0n) is 33.0. The molecule has 1 aromatic heterocycles. The first-order valence-corrected chi connectivity index (χ1v) is 20.4. The molecule has 0 radical (unpaired) electrons. The van der Waals surface area contributed by atoms with Crippen LogP contribution in [-0.4, -0.2) is 9.97 Å². The monoisotopic (exact) mass is 752 g/mol. The SMILES string of the molecule is CC1(C)c2ccccc2-c2cc(-c3cc(-c4ccccc4)cc(-c4ccc(-c5cc(-c6ccc7ccccc7c6)nc(-c6ccccc6)n5)c5ccccc45)c3)ccc21. The van der Waals surface area contributed by atoms with Gasteiger partial charge in [-0.1, -0.05) is 184 Å². The van der Waals surface area contributed by atoms with Crippen LogP contribution in [0.4, 0.5) is 0 Å². The van der Waals surface area contributed by atoms with Crippen molar-refractivity contribution in [3.63, 3.8) is 0 Å². The molecule has 0 saturated heterocycles. The van der Waals surface area contributed by atoms with Crippen LogP contribution in [0.2, 0.25) is 0 Å². The second-order valence-corrected chi connectivity index (χ2v) is 16.2. The molecule has 0 amide bonds. The molecular formula is C57H40N2. The number of nitrogens with zero attached hydrogens (tertiary/aromatic N) is 2. The van der Waals surface area contributed by atoms with E-state index in [1.165, 1.54) is 71.8 Å². The maximum atomic E-state index is 5.27. The number of hydrogen-bond acceptors (Lipinski definition) is 2. The van der Waals surface area contributed by atoms with Crippen molar-refractivity contribution in [2.45, 2.75) is 19.3 Å². The lowest BCUT2D eigenvalue weighted by Crippen LogP contribution is -2.14. The Morgan fingerprint density at radius 1 is 0.305 bits per heavy atom. The fraction of sp³-hybridized carbons (Fsp3) is 0.0526. The Kier molecular flexibility index (Phi) is 8.20. The summed E-state index contributed by atoms with van der Waals surface area (Å²) in [5.74, 6) is 0.708. The first kappa shape index (κ1) is 34.8. The quantitative estimate of drug-likeness (QED) is 0.169. The number of rotatable bonds is 6. The Labute approximate surface area is 345 Å². The Bertz CT molecular complexity index is 3230. The molecule has 0 unspecified atom stereocenters. The molecule has 2 heteroatoms. The zero-order valence-corrected chi connectivity index (χ0v) is 33.0. The second kappa shape index (κ2) is 13.9. The summed E-state index contributed by atoms with van der Waals surface area (Å²) >= 11 is 0. The third-order valence-electron chi connectivity index (χ3n) is 12.3. The van der Waals surface area contributed by atoms with Crippen molar-refractivity contribution in [1.82, 2.24) is 9.97 Å². The predicted octanol–water partition coefficient (Wildman–Crippen LogP) is 15.1. The van der Waals surface area contributed by atoms with Crippen LogP contribution in [0.1, 0.15) is 25.0 Å². The molecule has 2 nitrogen and oxygen atoms in total. The first-order valence-electron chi connectivity index (χ1n) is 20.4. The van der Waals surface area contributed by atoms with Crippen molar-refractivity contribution < 1.29 is 0 Å². The average molecular weight is 753 g/mol. The maximum absolute atomic E-state index is 5.27. The molecule has 0 atom stereocenters. The van der Waals surface area contributed by atoms with Crippen molar-refractivity contribution >= 4 is 21.5 Å². The Morgan fingerprint density at radius 3 is 1.68 bits per heavy atom. The highest BCUT2D eigenvalue weighted by atomic mass is 14.9. The molecule has 9 aromatic carbocycles. The van der Waals surface area contributed by atoms with Gasteiger partial charge in [0.05, 0.1) is 11.4 Å². The fourth-order valence-corrected chi connectivity index (χ4v) is 9.22. The van der Waals surface area contributed by atoms with E-state index in [2.05, 4.69) is 202 Å². The molecule has 59 heavy (non-hydrogen) atoms. The normalized spacial score (nSPS) is 12.7. The van der Waals surface area contributed by atoms with Gasteiger partial charge < -0.3 is 0 Å². The van der Waals surface area contributed by atoms with Gasteiger partial charge in [0.1, 0.15) is 0 Å². The van der Waals surface area contributed by atoms with Gasteiger partial charge in [0, 0.05) is 22.1 Å². The summed E-state index contributed by atoms with van der Waals surface area (Å²) in [5.41, 5.74) is 17.5. The van der Waals surface area contributed by atoms with E-state index in [-0.39, 0.29) is 5.41 Å². The minimum absolute atomic E-state index is 0.0378. The molecule has 1 aliphatic carbocycles. The van der Waals surface area contributed by atoms with Crippen LogP contribution >= 0.6 is 0 Å². The lowest BCUT2D eigenvalue weighted by molar-refractivity contribution is 0.660. The lowest BCUT2D eigenvalue weighted by Gasteiger charge is -2.21. The van der Waals surface area contributed by atoms with Gasteiger partial charge in [0.2, 0.25) is 0 Å². The summed E-state index contributed by atoms with van der Waals surface area (Å²) in [4.78, 5) is 10.4. The van der Waals surface area contributed by atoms with Crippen LogP contribution in [0.3, 0.4) is 0 Å². The summed E-state index contributed by atoms with van der Waals surface area (Å²) in [5, 5.41) is 4.72. The summed E-state index contributed by atoms with van der Waals surface area (Å²) in [6.45, 7) is 4.68. The first-order chi connectivity index (χ1) is 29.0. The largest absolute Gasteiger partial charge is 0.228 e. The molecular weight excluding hydrogens is 713 g/mol. The van der Waals surface area contributed by atoms with E-state index < -0.39 is 0 Å². The molecule has 10 aromatic rings. The number of hydrogen-bond donors (Lipinski definition) is 0. The van der Waals surface area contributed by atoms with Crippen LogP contribution in [0.25, 0.3) is 100.0 Å². The van der Waals surface area contributed by atoms with Gasteiger partial charge in [0.25, 0.3) is 0 Å². The summed E-state index contributed by atoms with van der Waals surface area (Å²) in [7, 11) is 0. The molecule has 0 bridgehead atoms. The van der Waals surface area contributed by atoms with E-state index in [4.69, 9.17) is 9.97 Å². The van der Waals surface area contributed by atoms with E-state index in [1.807, 2.05) is 18.2 Å². The minimum Gasteiger partial charge on any atom is -0.228 e. The molecule has 0 saturated carbocycles. The Balaban J connectivity index is 1.09. The minimum atomic E-state index is -0.0378. The lowest BCUT2D eigenvalue weighted by atomic mass is 9.82. The predicted molar refractivity (Wildman–Crippen MR) is 247 cm³/mol. The maximum Gasteiger partial charge on any atom is 0.160 e. The molecule has 278 valence electrons. The molecule has 0 aliphatic heterocycles. The molecule has 0 fully saturated rings. The van der Waals surface area contributed by atoms with Gasteiger partial charge in [-0.3, -0.25) is 0 Å². The molecule has 11 rings (SSSR count). The van der Waals surface area contributed by atoms with Crippen LogP contribution in [0, 0.1) is 0 Å². The van der Waals surface area contributed by atoms with E-state index in [0.29, 0.717) is 5.82 Å². The van der Waals surface area contributed by atoms with Gasteiger partial charge in [-0.15, -0.1) is 0 Å². The van der Waals surface area contributed by atoms with Gasteiger partial charge in [-0.2, -0.15) is 0 Å². The highest BCUT2D eigenvalue weighted by molar-refractivity contribution is 6.05. The highest BCUT2D eigenvalue weighted by Crippen LogP contribution is 2.50. The van der Waals surface area contributed by atoms with Crippen molar-refractivity contribution in [3.05, 3.63) is 217 Å². The third-order valence-corrected chi connectivity index (χ3v) is 12.3. The third kappa shape index (κ3) is 6.04. The van der Waals surface area contributed by atoms with Crippen molar-refractivity contribution in [2.75, 3.05) is 0 Å². The zero-order chi connectivity index (χ0) is 39.5. The van der Waals surface area contributed by atoms with Crippen molar-refractivity contribution in [3.8, 4) is 78.4 Å². The summed E-state index contributed by atoms with van der Waals surface area (Å²) in [6, 6.07) is 74.6. The fourth-order valence-electron chi connectivity index (χ4n) is 9.22. The molecule has 1 heterocycles. The topological polar surface area (TPSA) is 25.8 Å². The Morgan fingerprint density at radius 2 is 0.881 bits per heavy atom. The number of aromatic nitrogens is 2. The average Bonchev–Trinajstić information content (AvgIpc) is 3.53. The van der Waals surface area contributed by atoms with E-state index in [1.54, 1.807) is 0 Å². The van der Waals surface area contributed by atoms with E-state index in [9.17, 15) is 0 Å². The van der Waals surface area contributed by atoms with Gasteiger partial charge in [0.15, 0.2) is 5.82 Å². The van der Waals surface area contributed by atoms with E-state index >= 15 is 0 Å². The highest BCUT2D eigenvalue weighted by Gasteiger charge is 2.35. The summed E-state index contributed by atoms with van der Waals surface area (Å²) in [6.07, 6.45) is 0. The smallest absolute Gasteiger partial charge is 0.160 e. The van der Waals surface area contributed by atoms with Crippen molar-refractivity contribution in [2.24, 2.45) is 0 Å². The molecule has 0 spiro atoms. The molecule has 0 N–H and O–H groups in total. The summed E-state index contributed by atoms with van der Waals surface area (Å²) < 4.78 is 0. The van der Waals surface area contributed by atoms with Gasteiger partial charge in [-0.25, -0.2) is 9.97 Å². The van der Waals surface area contributed by atoms with Gasteiger partial charge in [-0.05, 0) is 114 Å².